The second kappa shape index (κ2) is 4.20. The van der Waals surface area contributed by atoms with E-state index in [0.717, 1.165) is 0 Å². The van der Waals surface area contributed by atoms with E-state index in [4.69, 9.17) is 11.1 Å². The largest absolute Gasteiger partial charge is 0.336 e. The highest BCUT2D eigenvalue weighted by molar-refractivity contribution is 7.99. The van der Waals surface area contributed by atoms with Crippen LogP contribution in [-0.2, 0) is 0 Å². The molecule has 0 bridgehead atoms. The van der Waals surface area contributed by atoms with Gasteiger partial charge in [-0.1, -0.05) is 6.07 Å². The number of rotatable bonds is 2. The molecule has 0 unspecified atom stereocenters. The topological polar surface area (TPSA) is 93.4 Å². The molecule has 16 heavy (non-hydrogen) atoms. The Labute approximate surface area is 96.1 Å². The predicted octanol–water partition coefficient (Wildman–Crippen LogP) is 0.718. The number of pyridine rings is 1. The normalized spacial score (nSPS) is 10.0. The summed E-state index contributed by atoms with van der Waals surface area (Å²) >= 11 is 1.27. The molecule has 2 rings (SSSR count). The summed E-state index contributed by atoms with van der Waals surface area (Å²) in [6, 6.07) is 7.16. The van der Waals surface area contributed by atoms with Gasteiger partial charge in [0.15, 0.2) is 0 Å². The third kappa shape index (κ3) is 1.97. The van der Waals surface area contributed by atoms with Crippen LogP contribution < -0.4 is 5.84 Å². The average molecular weight is 232 g/mol. The zero-order chi connectivity index (χ0) is 11.5. The van der Waals surface area contributed by atoms with Crippen molar-refractivity contribution in [1.29, 1.82) is 5.26 Å². The molecule has 2 N–H and O–H groups in total. The van der Waals surface area contributed by atoms with Crippen LogP contribution in [0.25, 0.3) is 0 Å². The van der Waals surface area contributed by atoms with Crippen molar-refractivity contribution in [3.63, 3.8) is 0 Å². The molecular formula is C9H8N6S. The van der Waals surface area contributed by atoms with E-state index in [-0.39, 0.29) is 0 Å². The summed E-state index contributed by atoms with van der Waals surface area (Å²) in [5.41, 5.74) is 0.366. The molecule has 7 heteroatoms. The van der Waals surface area contributed by atoms with Crippen LogP contribution in [0.5, 0.6) is 0 Å². The van der Waals surface area contributed by atoms with E-state index in [1.54, 1.807) is 25.1 Å². The van der Waals surface area contributed by atoms with E-state index in [9.17, 15) is 0 Å². The molecule has 0 spiro atoms. The molecule has 0 aromatic carbocycles. The van der Waals surface area contributed by atoms with Gasteiger partial charge in [-0.15, -0.1) is 10.2 Å². The average Bonchev–Trinajstić information content (AvgIpc) is 2.61. The smallest absolute Gasteiger partial charge is 0.216 e. The van der Waals surface area contributed by atoms with Crippen molar-refractivity contribution < 1.29 is 0 Å². The van der Waals surface area contributed by atoms with Crippen LogP contribution in [0.2, 0.25) is 0 Å². The lowest BCUT2D eigenvalue weighted by molar-refractivity contribution is 0.823. The first-order valence-corrected chi connectivity index (χ1v) is 5.24. The van der Waals surface area contributed by atoms with E-state index in [0.29, 0.717) is 21.7 Å². The van der Waals surface area contributed by atoms with Gasteiger partial charge in [0.25, 0.3) is 0 Å². The minimum Gasteiger partial charge on any atom is -0.336 e. The van der Waals surface area contributed by atoms with E-state index < -0.39 is 0 Å². The van der Waals surface area contributed by atoms with Crippen LogP contribution in [0, 0.1) is 18.3 Å². The molecule has 0 saturated carbocycles. The highest BCUT2D eigenvalue weighted by Crippen LogP contribution is 2.23. The molecule has 0 saturated heterocycles. The number of aromatic nitrogens is 4. The first-order chi connectivity index (χ1) is 7.70. The third-order valence-electron chi connectivity index (χ3n) is 1.87. The van der Waals surface area contributed by atoms with Crippen molar-refractivity contribution in [3.05, 3.63) is 29.7 Å². The molecule has 6 nitrogen and oxygen atoms in total. The van der Waals surface area contributed by atoms with Gasteiger partial charge < -0.3 is 5.84 Å². The lowest BCUT2D eigenvalue weighted by Gasteiger charge is -2.00. The summed E-state index contributed by atoms with van der Waals surface area (Å²) in [5.74, 6) is 6.32. The molecule has 0 aliphatic rings. The van der Waals surface area contributed by atoms with E-state index >= 15 is 0 Å². The fourth-order valence-electron chi connectivity index (χ4n) is 1.05. The van der Waals surface area contributed by atoms with Crippen LogP contribution in [0.4, 0.5) is 0 Å². The third-order valence-corrected chi connectivity index (χ3v) is 2.77. The molecule has 0 aliphatic carbocycles. The van der Waals surface area contributed by atoms with Crippen LogP contribution in [-0.4, -0.2) is 19.9 Å². The van der Waals surface area contributed by atoms with Gasteiger partial charge in [0.05, 0.1) is 0 Å². The summed E-state index contributed by atoms with van der Waals surface area (Å²) in [6.45, 7) is 1.76. The molecule has 2 heterocycles. The summed E-state index contributed by atoms with van der Waals surface area (Å²) in [4.78, 5) is 4.10. The molecule has 80 valence electrons. The van der Waals surface area contributed by atoms with Gasteiger partial charge in [-0.05, 0) is 30.8 Å². The number of nitrogens with two attached hydrogens (primary N) is 1. The molecule has 0 atom stereocenters. The van der Waals surface area contributed by atoms with Crippen molar-refractivity contribution in [3.8, 4) is 6.07 Å². The minimum atomic E-state index is 0.366. The van der Waals surface area contributed by atoms with E-state index in [1.165, 1.54) is 16.4 Å². The van der Waals surface area contributed by atoms with Gasteiger partial charge in [0, 0.05) is 0 Å². The lowest BCUT2D eigenvalue weighted by atomic mass is 10.4. The number of nitrogen functional groups attached to an aromatic ring is 1. The van der Waals surface area contributed by atoms with E-state index in [1.807, 2.05) is 6.07 Å². The van der Waals surface area contributed by atoms with Crippen LogP contribution in [0.1, 0.15) is 11.5 Å². The van der Waals surface area contributed by atoms with Crippen LogP contribution in [0.15, 0.2) is 28.4 Å². The predicted molar refractivity (Wildman–Crippen MR) is 58.0 cm³/mol. The Morgan fingerprint density at radius 2 is 2.25 bits per heavy atom. The van der Waals surface area contributed by atoms with Gasteiger partial charge in [-0.25, -0.2) is 9.66 Å². The second-order valence-corrected chi connectivity index (χ2v) is 3.96. The van der Waals surface area contributed by atoms with Gasteiger partial charge in [-0.3, -0.25) is 0 Å². The summed E-state index contributed by atoms with van der Waals surface area (Å²) < 4.78 is 1.38. The Hall–Kier alpha value is -2.07. The zero-order valence-corrected chi connectivity index (χ0v) is 9.27. The summed E-state index contributed by atoms with van der Waals surface area (Å²) in [6.07, 6.45) is 0. The Morgan fingerprint density at radius 1 is 1.44 bits per heavy atom. The van der Waals surface area contributed by atoms with Crippen molar-refractivity contribution in [1.82, 2.24) is 19.9 Å². The van der Waals surface area contributed by atoms with Crippen molar-refractivity contribution >= 4 is 11.8 Å². The first kappa shape index (κ1) is 10.4. The van der Waals surface area contributed by atoms with Gasteiger partial charge in [0.1, 0.15) is 22.6 Å². The maximum Gasteiger partial charge on any atom is 0.216 e. The van der Waals surface area contributed by atoms with Gasteiger partial charge in [-0.2, -0.15) is 5.26 Å². The molecule has 0 fully saturated rings. The standard InChI is InChI=1S/C9H8N6S/c1-6-13-14-9(15(6)11)16-8-4-2-3-7(5-10)12-8/h2-4H,11H2,1H3. The van der Waals surface area contributed by atoms with Crippen LogP contribution >= 0.6 is 11.8 Å². The fourth-order valence-corrected chi connectivity index (χ4v) is 1.84. The highest BCUT2D eigenvalue weighted by atomic mass is 32.2. The summed E-state index contributed by atoms with van der Waals surface area (Å²) in [7, 11) is 0. The second-order valence-electron chi connectivity index (χ2n) is 2.97. The van der Waals surface area contributed by atoms with Gasteiger partial charge in [0.2, 0.25) is 5.16 Å². The Kier molecular flexibility index (Phi) is 2.74. The highest BCUT2D eigenvalue weighted by Gasteiger charge is 2.08. The first-order valence-electron chi connectivity index (χ1n) is 4.43. The fraction of sp³-hybridized carbons (Fsp3) is 0.111. The number of hydrogen-bond acceptors (Lipinski definition) is 6. The number of aryl methyl sites for hydroxylation is 1. The Bertz CT molecular complexity index is 555. The molecule has 2 aromatic rings. The quantitative estimate of drug-likeness (QED) is 0.767. The van der Waals surface area contributed by atoms with Crippen molar-refractivity contribution in [2.45, 2.75) is 17.1 Å². The van der Waals surface area contributed by atoms with Crippen LogP contribution in [0.3, 0.4) is 0 Å². The number of hydrogen-bond donors (Lipinski definition) is 1. The Balaban J connectivity index is 2.27. The zero-order valence-electron chi connectivity index (χ0n) is 8.45. The molecule has 0 aliphatic heterocycles. The maximum atomic E-state index is 8.71. The Morgan fingerprint density at radius 3 is 2.88 bits per heavy atom. The molecule has 2 aromatic heterocycles. The lowest BCUT2D eigenvalue weighted by Crippen LogP contribution is -2.11. The number of nitriles is 1. The maximum absolute atomic E-state index is 8.71. The van der Waals surface area contributed by atoms with Crippen molar-refractivity contribution in [2.75, 3.05) is 5.84 Å². The van der Waals surface area contributed by atoms with E-state index in [2.05, 4.69) is 15.2 Å². The molecular weight excluding hydrogens is 224 g/mol. The summed E-state index contributed by atoms with van der Waals surface area (Å²) in [5, 5.41) is 17.6. The SMILES string of the molecule is Cc1nnc(Sc2cccc(C#N)n2)n1N. The van der Waals surface area contributed by atoms with Gasteiger partial charge >= 0.3 is 0 Å². The molecule has 0 amide bonds. The molecule has 0 radical (unpaired) electrons. The van der Waals surface area contributed by atoms with Crippen molar-refractivity contribution in [2.24, 2.45) is 0 Å². The minimum absolute atomic E-state index is 0.366. The monoisotopic (exact) mass is 232 g/mol. The number of nitrogens with zero attached hydrogens (tertiary/aromatic N) is 5.